The average Bonchev–Trinajstić information content (AvgIpc) is 3.22. The second-order valence-electron chi connectivity index (χ2n) is 4.94. The number of aromatic nitrogens is 3. The van der Waals surface area contributed by atoms with E-state index in [4.69, 9.17) is 4.42 Å². The molecule has 8 nitrogen and oxygen atoms in total. The summed E-state index contributed by atoms with van der Waals surface area (Å²) in [7, 11) is 0. The Morgan fingerprint density at radius 3 is 2.91 bits per heavy atom. The van der Waals surface area contributed by atoms with E-state index >= 15 is 0 Å². The molecule has 3 aromatic heterocycles. The van der Waals surface area contributed by atoms with Crippen molar-refractivity contribution in [2.75, 3.05) is 0 Å². The lowest BCUT2D eigenvalue weighted by Crippen LogP contribution is -2.44. The summed E-state index contributed by atoms with van der Waals surface area (Å²) in [5.41, 5.74) is 0.705. The first-order valence-electron chi connectivity index (χ1n) is 7.06. The molecule has 0 saturated carbocycles. The number of fused-ring (bicyclic) bond motifs is 1. The number of nitrogens with zero attached hydrogens (tertiary/aromatic N) is 3. The lowest BCUT2D eigenvalue weighted by molar-refractivity contribution is -0.122. The van der Waals surface area contributed by atoms with Crippen LogP contribution in [0.4, 0.5) is 0 Å². The number of amides is 2. The van der Waals surface area contributed by atoms with Crippen LogP contribution in [0.2, 0.25) is 0 Å². The monoisotopic (exact) mass is 313 g/mol. The van der Waals surface area contributed by atoms with Crippen molar-refractivity contribution in [2.24, 2.45) is 0 Å². The van der Waals surface area contributed by atoms with Crippen molar-refractivity contribution in [3.63, 3.8) is 0 Å². The largest absolute Gasteiger partial charge is 0.459 e. The van der Waals surface area contributed by atoms with Gasteiger partial charge in [0, 0.05) is 6.20 Å². The summed E-state index contributed by atoms with van der Waals surface area (Å²) in [4.78, 5) is 23.9. The predicted molar refractivity (Wildman–Crippen MR) is 80.5 cm³/mol. The molecular weight excluding hydrogens is 298 g/mol. The lowest BCUT2D eigenvalue weighted by Gasteiger charge is -2.12. The van der Waals surface area contributed by atoms with Crippen LogP contribution >= 0.6 is 0 Å². The van der Waals surface area contributed by atoms with E-state index in [1.54, 1.807) is 17.4 Å². The molecule has 23 heavy (non-hydrogen) atoms. The first-order chi connectivity index (χ1) is 11.1. The quantitative estimate of drug-likeness (QED) is 0.724. The van der Waals surface area contributed by atoms with Gasteiger partial charge in [-0.25, -0.2) is 0 Å². The minimum Gasteiger partial charge on any atom is -0.459 e. The highest BCUT2D eigenvalue weighted by molar-refractivity contribution is 5.95. The highest BCUT2D eigenvalue weighted by Crippen LogP contribution is 2.03. The van der Waals surface area contributed by atoms with E-state index in [0.717, 1.165) is 0 Å². The van der Waals surface area contributed by atoms with E-state index in [2.05, 4.69) is 20.8 Å². The van der Waals surface area contributed by atoms with Gasteiger partial charge in [-0.05, 0) is 31.2 Å². The van der Waals surface area contributed by atoms with Gasteiger partial charge in [0.15, 0.2) is 17.2 Å². The van der Waals surface area contributed by atoms with E-state index in [1.165, 1.54) is 12.3 Å². The third-order valence-corrected chi connectivity index (χ3v) is 3.29. The second-order valence-corrected chi connectivity index (χ2v) is 4.94. The molecule has 2 N–H and O–H groups in total. The van der Waals surface area contributed by atoms with Crippen LogP contribution in [0.15, 0.2) is 47.2 Å². The Balaban J connectivity index is 1.57. The molecule has 0 radical (unpaired) electrons. The molecule has 0 aliphatic carbocycles. The normalized spacial score (nSPS) is 12.0. The number of hydrogen-bond donors (Lipinski definition) is 2. The van der Waals surface area contributed by atoms with Gasteiger partial charge in [0.1, 0.15) is 6.04 Å². The molecule has 0 fully saturated rings. The molecule has 0 spiro atoms. The molecular formula is C15H15N5O3. The van der Waals surface area contributed by atoms with Gasteiger partial charge < -0.3 is 15.1 Å². The molecule has 1 unspecified atom stereocenters. The van der Waals surface area contributed by atoms with Crippen LogP contribution in [0.5, 0.6) is 0 Å². The lowest BCUT2D eigenvalue weighted by atomic mass is 10.3. The van der Waals surface area contributed by atoms with Crippen molar-refractivity contribution in [2.45, 2.75) is 19.5 Å². The fourth-order valence-corrected chi connectivity index (χ4v) is 2.07. The molecule has 0 aliphatic heterocycles. The molecule has 0 saturated heterocycles. The van der Waals surface area contributed by atoms with Crippen LogP contribution in [0.3, 0.4) is 0 Å². The van der Waals surface area contributed by atoms with Gasteiger partial charge in [-0.15, -0.1) is 10.2 Å². The summed E-state index contributed by atoms with van der Waals surface area (Å²) in [5, 5.41) is 13.3. The SMILES string of the molecule is CC(NC(=O)c1ccco1)C(=O)NCc1nnc2ccccn12. The average molecular weight is 313 g/mol. The Labute approximate surface area is 131 Å². The van der Waals surface area contributed by atoms with E-state index in [0.29, 0.717) is 11.5 Å². The van der Waals surface area contributed by atoms with Crippen LogP contribution in [-0.2, 0) is 11.3 Å². The zero-order chi connectivity index (χ0) is 16.2. The second kappa shape index (κ2) is 6.30. The maximum Gasteiger partial charge on any atom is 0.287 e. The zero-order valence-corrected chi connectivity index (χ0v) is 12.4. The minimum absolute atomic E-state index is 0.160. The predicted octanol–water partition coefficient (Wildman–Crippen LogP) is 0.757. The number of pyridine rings is 1. The molecule has 1 atom stereocenters. The smallest absolute Gasteiger partial charge is 0.287 e. The summed E-state index contributed by atoms with van der Waals surface area (Å²) < 4.78 is 6.76. The molecule has 0 aliphatic rings. The molecule has 0 aromatic carbocycles. The van der Waals surface area contributed by atoms with E-state index in [-0.39, 0.29) is 18.2 Å². The highest BCUT2D eigenvalue weighted by atomic mass is 16.3. The van der Waals surface area contributed by atoms with Crippen molar-refractivity contribution in [1.82, 2.24) is 25.2 Å². The first kappa shape index (κ1) is 14.8. The van der Waals surface area contributed by atoms with Crippen LogP contribution < -0.4 is 10.6 Å². The van der Waals surface area contributed by atoms with Crippen LogP contribution in [-0.4, -0.2) is 32.5 Å². The summed E-state index contributed by atoms with van der Waals surface area (Å²) in [6.45, 7) is 1.81. The number of carbonyl (C=O) groups excluding carboxylic acids is 2. The summed E-state index contributed by atoms with van der Waals surface area (Å²) >= 11 is 0. The third-order valence-electron chi connectivity index (χ3n) is 3.29. The van der Waals surface area contributed by atoms with Crippen molar-refractivity contribution in [3.05, 3.63) is 54.4 Å². The topological polar surface area (TPSA) is 102 Å². The van der Waals surface area contributed by atoms with Crippen LogP contribution in [0.1, 0.15) is 23.3 Å². The molecule has 3 rings (SSSR count). The van der Waals surface area contributed by atoms with Crippen LogP contribution in [0, 0.1) is 0 Å². The Morgan fingerprint density at radius 1 is 1.26 bits per heavy atom. The number of furan rings is 1. The Bertz CT molecular complexity index is 825. The number of nitrogens with one attached hydrogen (secondary N) is 2. The number of hydrogen-bond acceptors (Lipinski definition) is 5. The first-order valence-corrected chi connectivity index (χ1v) is 7.06. The molecule has 8 heteroatoms. The van der Waals surface area contributed by atoms with E-state index in [9.17, 15) is 9.59 Å². The Hall–Kier alpha value is -3.16. The number of carbonyl (C=O) groups is 2. The highest BCUT2D eigenvalue weighted by Gasteiger charge is 2.18. The van der Waals surface area contributed by atoms with E-state index in [1.807, 2.05) is 24.4 Å². The Kier molecular flexibility index (Phi) is 4.05. The summed E-state index contributed by atoms with van der Waals surface area (Å²) in [5.74, 6) is 0.00905. The van der Waals surface area contributed by atoms with Gasteiger partial charge in [0.25, 0.3) is 5.91 Å². The molecule has 2 amide bonds. The molecule has 118 valence electrons. The van der Waals surface area contributed by atoms with Crippen molar-refractivity contribution < 1.29 is 14.0 Å². The van der Waals surface area contributed by atoms with Crippen molar-refractivity contribution in [3.8, 4) is 0 Å². The molecule has 0 bridgehead atoms. The maximum atomic E-state index is 12.1. The van der Waals surface area contributed by atoms with Gasteiger partial charge >= 0.3 is 0 Å². The van der Waals surface area contributed by atoms with Gasteiger partial charge in [0.2, 0.25) is 5.91 Å². The fraction of sp³-hybridized carbons (Fsp3) is 0.200. The van der Waals surface area contributed by atoms with Gasteiger partial charge in [0.05, 0.1) is 12.8 Å². The Morgan fingerprint density at radius 2 is 2.13 bits per heavy atom. The van der Waals surface area contributed by atoms with E-state index < -0.39 is 11.9 Å². The fourth-order valence-electron chi connectivity index (χ4n) is 2.07. The van der Waals surface area contributed by atoms with Crippen LogP contribution in [0.25, 0.3) is 5.65 Å². The van der Waals surface area contributed by atoms with Gasteiger partial charge in [-0.2, -0.15) is 0 Å². The summed E-state index contributed by atoms with van der Waals surface area (Å²) in [6, 6.07) is 7.97. The molecule has 3 heterocycles. The third kappa shape index (κ3) is 3.20. The zero-order valence-electron chi connectivity index (χ0n) is 12.4. The van der Waals surface area contributed by atoms with Gasteiger partial charge in [-0.1, -0.05) is 6.07 Å². The standard InChI is InChI=1S/C15H15N5O3/c1-10(17-15(22)11-5-4-8-23-11)14(21)16-9-13-19-18-12-6-2-3-7-20(12)13/h2-8,10H,9H2,1H3,(H,16,21)(H,17,22). The van der Waals surface area contributed by atoms with Gasteiger partial charge in [-0.3, -0.25) is 14.0 Å². The van der Waals surface area contributed by atoms with Crippen molar-refractivity contribution in [1.29, 1.82) is 0 Å². The summed E-state index contributed by atoms with van der Waals surface area (Å²) in [6.07, 6.45) is 3.22. The number of rotatable bonds is 5. The maximum absolute atomic E-state index is 12.1. The van der Waals surface area contributed by atoms with Crippen molar-refractivity contribution >= 4 is 17.5 Å². The molecule has 3 aromatic rings. The minimum atomic E-state index is -0.702.